The number of nitrogens with one attached hydrogen (secondary N) is 1. The van der Waals surface area contributed by atoms with Crippen LogP contribution in [-0.4, -0.2) is 42.7 Å². The second-order valence-corrected chi connectivity index (χ2v) is 7.10. The summed E-state index contributed by atoms with van der Waals surface area (Å²) >= 11 is 1.63. The number of ether oxygens (including phenoxy) is 1. The zero-order chi connectivity index (χ0) is 16.7. The van der Waals surface area contributed by atoms with Crippen LogP contribution in [0.25, 0.3) is 10.2 Å². The number of amides is 2. The van der Waals surface area contributed by atoms with Gasteiger partial charge in [-0.15, -0.1) is 11.3 Å². The van der Waals surface area contributed by atoms with Crippen LogP contribution < -0.4 is 5.32 Å². The minimum absolute atomic E-state index is 0.0758. The van der Waals surface area contributed by atoms with Crippen LogP contribution >= 0.6 is 11.3 Å². The van der Waals surface area contributed by atoms with Crippen molar-refractivity contribution in [1.82, 2.24) is 15.2 Å². The van der Waals surface area contributed by atoms with Crippen molar-refractivity contribution in [1.29, 1.82) is 0 Å². The molecule has 2 amide bonds. The van der Waals surface area contributed by atoms with E-state index in [4.69, 9.17) is 4.74 Å². The average Bonchev–Trinajstić information content (AvgIpc) is 2.92. The molecule has 0 aliphatic carbocycles. The predicted molar refractivity (Wildman–Crippen MR) is 94.8 cm³/mol. The summed E-state index contributed by atoms with van der Waals surface area (Å²) in [4.78, 5) is 18.3. The van der Waals surface area contributed by atoms with Gasteiger partial charge in [-0.25, -0.2) is 9.78 Å². The molecule has 0 bridgehead atoms. The summed E-state index contributed by atoms with van der Waals surface area (Å²) in [6, 6.07) is 7.94. The van der Waals surface area contributed by atoms with E-state index in [2.05, 4.69) is 24.1 Å². The lowest BCUT2D eigenvalue weighted by atomic mass is 10.2. The molecule has 0 atom stereocenters. The number of fused-ring (bicyclic) bond motifs is 1. The van der Waals surface area contributed by atoms with Crippen molar-refractivity contribution in [3.8, 4) is 0 Å². The first-order valence-electron chi connectivity index (χ1n) is 7.97. The van der Waals surface area contributed by atoms with Crippen LogP contribution in [0.1, 0.15) is 25.3 Å². The van der Waals surface area contributed by atoms with Crippen molar-refractivity contribution in [2.75, 3.05) is 26.8 Å². The maximum atomic E-state index is 12.1. The standard InChI is InChI=1S/C17H25N3O2S/c1-13(2)12-22-10-6-9-18-17(21)20(3)11-16-19-14-7-4-5-8-15(14)23-16/h4-5,7-8,13H,6,9-12H2,1-3H3,(H,18,21). The Labute approximate surface area is 141 Å². The summed E-state index contributed by atoms with van der Waals surface area (Å²) in [7, 11) is 1.79. The molecule has 126 valence electrons. The molecule has 0 saturated heterocycles. The summed E-state index contributed by atoms with van der Waals surface area (Å²) in [5.74, 6) is 0.546. The van der Waals surface area contributed by atoms with Crippen LogP contribution in [-0.2, 0) is 11.3 Å². The Balaban J connectivity index is 1.70. The molecular formula is C17H25N3O2S. The fraction of sp³-hybridized carbons (Fsp3) is 0.529. The van der Waals surface area contributed by atoms with Gasteiger partial charge in [0.2, 0.25) is 0 Å². The minimum atomic E-state index is -0.0758. The van der Waals surface area contributed by atoms with Gasteiger partial charge in [-0.1, -0.05) is 26.0 Å². The molecule has 5 nitrogen and oxygen atoms in total. The number of hydrogen-bond donors (Lipinski definition) is 1. The summed E-state index contributed by atoms with van der Waals surface area (Å²) in [6.07, 6.45) is 0.827. The normalized spacial score (nSPS) is 11.1. The summed E-state index contributed by atoms with van der Waals surface area (Å²) < 4.78 is 6.64. The third kappa shape index (κ3) is 5.80. The Morgan fingerprint density at radius 1 is 1.39 bits per heavy atom. The molecule has 1 aromatic heterocycles. The van der Waals surface area contributed by atoms with Gasteiger partial charge in [0.25, 0.3) is 0 Å². The van der Waals surface area contributed by atoms with E-state index in [9.17, 15) is 4.79 Å². The van der Waals surface area contributed by atoms with Crippen LogP contribution in [0.2, 0.25) is 0 Å². The maximum Gasteiger partial charge on any atom is 0.317 e. The lowest BCUT2D eigenvalue weighted by molar-refractivity contribution is 0.108. The van der Waals surface area contributed by atoms with Crippen molar-refractivity contribution in [3.63, 3.8) is 0 Å². The zero-order valence-corrected chi connectivity index (χ0v) is 14.9. The average molecular weight is 335 g/mol. The second kappa shape index (κ2) is 8.84. The Bertz CT molecular complexity index is 594. The molecule has 2 rings (SSSR count). The van der Waals surface area contributed by atoms with Crippen molar-refractivity contribution < 1.29 is 9.53 Å². The minimum Gasteiger partial charge on any atom is -0.381 e. The predicted octanol–water partition coefficient (Wildman–Crippen LogP) is 3.50. The largest absolute Gasteiger partial charge is 0.381 e. The highest BCUT2D eigenvalue weighted by Gasteiger charge is 2.11. The number of nitrogens with zero attached hydrogens (tertiary/aromatic N) is 2. The smallest absolute Gasteiger partial charge is 0.317 e. The van der Waals surface area contributed by atoms with Crippen LogP contribution in [0, 0.1) is 5.92 Å². The number of rotatable bonds is 8. The Hall–Kier alpha value is -1.66. The highest BCUT2D eigenvalue weighted by molar-refractivity contribution is 7.18. The zero-order valence-electron chi connectivity index (χ0n) is 14.0. The van der Waals surface area contributed by atoms with Crippen LogP contribution in [0.4, 0.5) is 4.79 Å². The molecule has 6 heteroatoms. The SMILES string of the molecule is CC(C)COCCCNC(=O)N(C)Cc1nc2ccccc2s1. The number of urea groups is 1. The van der Waals surface area contributed by atoms with Crippen molar-refractivity contribution >= 4 is 27.6 Å². The van der Waals surface area contributed by atoms with Crippen molar-refractivity contribution in [2.45, 2.75) is 26.8 Å². The first kappa shape index (κ1) is 17.7. The summed E-state index contributed by atoms with van der Waals surface area (Å²) in [5, 5.41) is 3.86. The van der Waals surface area contributed by atoms with E-state index in [-0.39, 0.29) is 6.03 Å². The Morgan fingerprint density at radius 2 is 2.17 bits per heavy atom. The van der Waals surface area contributed by atoms with Crippen LogP contribution in [0.3, 0.4) is 0 Å². The number of thiazole rings is 1. The fourth-order valence-electron chi connectivity index (χ4n) is 2.09. The van der Waals surface area contributed by atoms with Gasteiger partial charge in [0.15, 0.2) is 0 Å². The molecule has 0 saturated carbocycles. The van der Waals surface area contributed by atoms with E-state index in [1.165, 1.54) is 0 Å². The number of carbonyl (C=O) groups is 1. The molecule has 1 heterocycles. The molecule has 1 N–H and O–H groups in total. The van der Waals surface area contributed by atoms with Gasteiger partial charge in [0, 0.05) is 26.8 Å². The molecule has 1 aromatic carbocycles. The monoisotopic (exact) mass is 335 g/mol. The molecule has 0 aliphatic rings. The molecule has 2 aromatic rings. The topological polar surface area (TPSA) is 54.5 Å². The molecule has 0 radical (unpaired) electrons. The van der Waals surface area contributed by atoms with E-state index in [1.54, 1.807) is 23.3 Å². The van der Waals surface area contributed by atoms with E-state index in [0.717, 1.165) is 28.3 Å². The van der Waals surface area contributed by atoms with E-state index in [1.807, 2.05) is 24.3 Å². The number of aromatic nitrogens is 1. The van der Waals surface area contributed by atoms with Gasteiger partial charge in [-0.05, 0) is 24.5 Å². The molecule has 0 fully saturated rings. The molecular weight excluding hydrogens is 310 g/mol. The van der Waals surface area contributed by atoms with E-state index in [0.29, 0.717) is 25.6 Å². The summed E-state index contributed by atoms with van der Waals surface area (Å²) in [6.45, 7) is 6.85. The highest BCUT2D eigenvalue weighted by atomic mass is 32.1. The van der Waals surface area contributed by atoms with Crippen LogP contribution in [0.15, 0.2) is 24.3 Å². The van der Waals surface area contributed by atoms with E-state index < -0.39 is 0 Å². The number of hydrogen-bond acceptors (Lipinski definition) is 4. The lowest BCUT2D eigenvalue weighted by Gasteiger charge is -2.16. The van der Waals surface area contributed by atoms with Gasteiger partial charge in [0.1, 0.15) is 5.01 Å². The van der Waals surface area contributed by atoms with Gasteiger partial charge in [-0.2, -0.15) is 0 Å². The number of benzene rings is 1. The van der Waals surface area contributed by atoms with Gasteiger partial charge >= 0.3 is 6.03 Å². The number of carbonyl (C=O) groups excluding carboxylic acids is 1. The van der Waals surface area contributed by atoms with Gasteiger partial charge < -0.3 is 15.0 Å². The Morgan fingerprint density at radius 3 is 2.91 bits per heavy atom. The molecule has 0 unspecified atom stereocenters. The van der Waals surface area contributed by atoms with Crippen molar-refractivity contribution in [3.05, 3.63) is 29.3 Å². The molecule has 0 spiro atoms. The van der Waals surface area contributed by atoms with Gasteiger partial charge in [0.05, 0.1) is 16.8 Å². The lowest BCUT2D eigenvalue weighted by Crippen LogP contribution is -2.37. The quantitative estimate of drug-likeness (QED) is 0.751. The molecule has 0 aliphatic heterocycles. The first-order chi connectivity index (χ1) is 11.1. The number of para-hydroxylation sites is 1. The maximum absolute atomic E-state index is 12.1. The third-order valence-corrected chi connectivity index (χ3v) is 4.27. The highest BCUT2D eigenvalue weighted by Crippen LogP contribution is 2.22. The first-order valence-corrected chi connectivity index (χ1v) is 8.79. The van der Waals surface area contributed by atoms with E-state index >= 15 is 0 Å². The fourth-order valence-corrected chi connectivity index (χ4v) is 3.11. The van der Waals surface area contributed by atoms with Crippen LogP contribution in [0.5, 0.6) is 0 Å². The third-order valence-electron chi connectivity index (χ3n) is 3.25. The van der Waals surface area contributed by atoms with Crippen molar-refractivity contribution in [2.24, 2.45) is 5.92 Å². The van der Waals surface area contributed by atoms with Gasteiger partial charge in [-0.3, -0.25) is 0 Å². The Kier molecular flexibility index (Phi) is 6.80. The molecule has 23 heavy (non-hydrogen) atoms. The summed E-state index contributed by atoms with van der Waals surface area (Å²) in [5.41, 5.74) is 0.989. The second-order valence-electron chi connectivity index (χ2n) is 5.99.